The fourth-order valence-electron chi connectivity index (χ4n) is 7.27. The van der Waals surface area contributed by atoms with Crippen molar-refractivity contribution in [1.29, 1.82) is 0 Å². The summed E-state index contributed by atoms with van der Waals surface area (Å²) in [7, 11) is 0. The van der Waals surface area contributed by atoms with Gasteiger partial charge in [-0.1, -0.05) is 73.5 Å². The maximum Gasteiger partial charge on any atom is 0.169 e. The molecule has 2 aliphatic heterocycles. The lowest BCUT2D eigenvalue weighted by Gasteiger charge is -2.42. The zero-order valence-electron chi connectivity index (χ0n) is 22.2. The van der Waals surface area contributed by atoms with E-state index in [9.17, 15) is 0 Å². The largest absolute Gasteiger partial charge is 0.368 e. The van der Waals surface area contributed by atoms with Crippen molar-refractivity contribution in [3.63, 3.8) is 0 Å². The van der Waals surface area contributed by atoms with E-state index in [1.807, 2.05) is 12.1 Å². The molecule has 38 heavy (non-hydrogen) atoms. The number of ether oxygens (including phenoxy) is 6. The number of benzene rings is 2. The Labute approximate surface area is 225 Å². The van der Waals surface area contributed by atoms with Gasteiger partial charge in [0.1, 0.15) is 36.6 Å². The lowest BCUT2D eigenvalue weighted by atomic mass is 9.84. The first-order valence-corrected chi connectivity index (χ1v) is 14.8. The summed E-state index contributed by atoms with van der Waals surface area (Å²) < 4.78 is 41.0. The third-order valence-electron chi connectivity index (χ3n) is 9.15. The molecule has 7 rings (SSSR count). The quantitative estimate of drug-likeness (QED) is 0.462. The topological polar surface area (TPSA) is 55.4 Å². The van der Waals surface area contributed by atoms with Crippen LogP contribution in [0.4, 0.5) is 0 Å². The minimum atomic E-state index is -0.558. The molecule has 6 atom stereocenters. The zero-order valence-corrected chi connectivity index (χ0v) is 22.2. The van der Waals surface area contributed by atoms with Crippen LogP contribution in [0, 0.1) is 0 Å². The molecule has 0 N–H and O–H groups in total. The molecular formula is C32H40O6. The third-order valence-corrected chi connectivity index (χ3v) is 9.15. The van der Waals surface area contributed by atoms with Gasteiger partial charge in [-0.3, -0.25) is 0 Å². The minimum absolute atomic E-state index is 0.263. The van der Waals surface area contributed by atoms with Crippen molar-refractivity contribution in [2.75, 3.05) is 0 Å². The van der Waals surface area contributed by atoms with Crippen LogP contribution in [-0.4, -0.2) is 48.2 Å². The summed E-state index contributed by atoms with van der Waals surface area (Å²) in [6.45, 7) is 1.00. The van der Waals surface area contributed by atoms with Crippen LogP contribution in [0.25, 0.3) is 0 Å². The standard InChI is InChI=1S/C32H40O6/c1-5-13-23(14-6-1)21-33-25-27-29(37-31(35-27)17-9-3-10-18-31)26(34-22-24-15-7-2-8-16-24)30-28(25)36-32(38-30)19-11-4-12-20-32/h1-2,5-8,13-16,25-30H,3-4,9-12,17-22H2/t25-,26-,27-,28?,29?,30+. The van der Waals surface area contributed by atoms with E-state index in [0.29, 0.717) is 13.2 Å². The average molecular weight is 521 g/mol. The van der Waals surface area contributed by atoms with Gasteiger partial charge in [0.05, 0.1) is 13.2 Å². The van der Waals surface area contributed by atoms with Crippen LogP contribution in [0.1, 0.15) is 75.3 Å². The summed E-state index contributed by atoms with van der Waals surface area (Å²) in [6, 6.07) is 20.7. The second-order valence-corrected chi connectivity index (χ2v) is 11.8. The van der Waals surface area contributed by atoms with E-state index >= 15 is 0 Å². The molecule has 2 aromatic rings. The lowest BCUT2D eigenvalue weighted by molar-refractivity contribution is -0.229. The summed E-state index contributed by atoms with van der Waals surface area (Å²) >= 11 is 0. The van der Waals surface area contributed by atoms with E-state index in [2.05, 4.69) is 48.5 Å². The predicted octanol–water partition coefficient (Wildman–Crippen LogP) is 6.06. The van der Waals surface area contributed by atoms with Gasteiger partial charge in [-0.2, -0.15) is 0 Å². The number of rotatable bonds is 6. The Morgan fingerprint density at radius 2 is 0.842 bits per heavy atom. The van der Waals surface area contributed by atoms with Gasteiger partial charge in [0.15, 0.2) is 11.6 Å². The molecule has 0 aromatic heterocycles. The molecule has 2 spiro atoms. The van der Waals surface area contributed by atoms with Crippen LogP contribution in [0.2, 0.25) is 0 Å². The highest BCUT2D eigenvalue weighted by molar-refractivity contribution is 5.16. The first-order valence-electron chi connectivity index (χ1n) is 14.8. The van der Waals surface area contributed by atoms with E-state index in [-0.39, 0.29) is 36.6 Å². The van der Waals surface area contributed by atoms with Crippen molar-refractivity contribution < 1.29 is 28.4 Å². The highest BCUT2D eigenvalue weighted by Crippen LogP contribution is 2.52. The van der Waals surface area contributed by atoms with Crippen LogP contribution < -0.4 is 0 Å². The van der Waals surface area contributed by atoms with Crippen molar-refractivity contribution in [3.8, 4) is 0 Å². The molecule has 5 fully saturated rings. The lowest BCUT2D eigenvalue weighted by Crippen LogP contribution is -2.62. The van der Waals surface area contributed by atoms with E-state index in [0.717, 1.165) is 62.5 Å². The zero-order chi connectivity index (χ0) is 25.4. The maximum atomic E-state index is 6.90. The molecule has 0 amide bonds. The van der Waals surface area contributed by atoms with Crippen LogP contribution in [-0.2, 0) is 41.6 Å². The summed E-state index contributed by atoms with van der Waals surface area (Å²) in [5, 5.41) is 0. The molecular weight excluding hydrogens is 480 g/mol. The van der Waals surface area contributed by atoms with Crippen LogP contribution >= 0.6 is 0 Å². The number of fused-ring (bicyclic) bond motifs is 2. The second kappa shape index (κ2) is 10.6. The van der Waals surface area contributed by atoms with Gasteiger partial charge in [-0.25, -0.2) is 0 Å². The Hall–Kier alpha value is -1.80. The molecule has 6 heteroatoms. The van der Waals surface area contributed by atoms with E-state index < -0.39 is 11.6 Å². The minimum Gasteiger partial charge on any atom is -0.368 e. The van der Waals surface area contributed by atoms with Gasteiger partial charge in [-0.15, -0.1) is 0 Å². The Bertz CT molecular complexity index is 935. The Morgan fingerprint density at radius 3 is 1.18 bits per heavy atom. The summed E-state index contributed by atoms with van der Waals surface area (Å²) in [6.07, 6.45) is 8.96. The molecule has 3 saturated carbocycles. The van der Waals surface area contributed by atoms with Crippen molar-refractivity contribution in [2.45, 2.75) is 126 Å². The van der Waals surface area contributed by atoms with Crippen LogP contribution in [0.5, 0.6) is 0 Å². The van der Waals surface area contributed by atoms with Crippen molar-refractivity contribution >= 4 is 0 Å². The maximum absolute atomic E-state index is 6.90. The summed E-state index contributed by atoms with van der Waals surface area (Å²) in [4.78, 5) is 0. The fraction of sp³-hybridized carbons (Fsp3) is 0.625. The Kier molecular flexibility index (Phi) is 7.05. The molecule has 2 unspecified atom stereocenters. The molecule has 5 aliphatic rings. The van der Waals surface area contributed by atoms with Crippen molar-refractivity contribution in [2.24, 2.45) is 0 Å². The molecule has 0 bridgehead atoms. The number of hydrogen-bond acceptors (Lipinski definition) is 6. The molecule has 2 saturated heterocycles. The van der Waals surface area contributed by atoms with Gasteiger partial charge >= 0.3 is 0 Å². The molecule has 2 aromatic carbocycles. The first-order chi connectivity index (χ1) is 18.7. The van der Waals surface area contributed by atoms with Crippen molar-refractivity contribution in [1.82, 2.24) is 0 Å². The molecule has 6 nitrogen and oxygen atoms in total. The normalized spacial score (nSPS) is 35.3. The highest BCUT2D eigenvalue weighted by Gasteiger charge is 2.66. The highest BCUT2D eigenvalue weighted by atomic mass is 16.8. The SMILES string of the molecule is c1ccc(CO[C@@H]2C3OC4(CCCCC4)O[C@@H]3[C@@H](OCc3ccccc3)C3OC4(CCCCC4)O[C@H]32)cc1. The summed E-state index contributed by atoms with van der Waals surface area (Å²) in [5.41, 5.74) is 2.28. The molecule has 2 heterocycles. The van der Waals surface area contributed by atoms with Gasteiger partial charge in [-0.05, 0) is 36.8 Å². The Balaban J connectivity index is 1.20. The van der Waals surface area contributed by atoms with E-state index in [1.54, 1.807) is 0 Å². The van der Waals surface area contributed by atoms with E-state index in [4.69, 9.17) is 28.4 Å². The monoisotopic (exact) mass is 520 g/mol. The molecule has 204 valence electrons. The van der Waals surface area contributed by atoms with Crippen LogP contribution in [0.15, 0.2) is 60.7 Å². The average Bonchev–Trinajstić information content (AvgIpc) is 3.50. The van der Waals surface area contributed by atoms with Gasteiger partial charge in [0.2, 0.25) is 0 Å². The van der Waals surface area contributed by atoms with Gasteiger partial charge in [0.25, 0.3) is 0 Å². The third kappa shape index (κ3) is 4.85. The van der Waals surface area contributed by atoms with Crippen molar-refractivity contribution in [3.05, 3.63) is 71.8 Å². The molecule has 0 radical (unpaired) electrons. The van der Waals surface area contributed by atoms with Crippen LogP contribution in [0.3, 0.4) is 0 Å². The summed E-state index contributed by atoms with van der Waals surface area (Å²) in [5.74, 6) is -1.12. The fourth-order valence-corrected chi connectivity index (χ4v) is 7.27. The Morgan fingerprint density at radius 1 is 0.500 bits per heavy atom. The smallest absolute Gasteiger partial charge is 0.169 e. The van der Waals surface area contributed by atoms with Gasteiger partial charge < -0.3 is 28.4 Å². The molecule has 3 aliphatic carbocycles. The predicted molar refractivity (Wildman–Crippen MR) is 141 cm³/mol. The number of hydrogen-bond donors (Lipinski definition) is 0. The first kappa shape index (κ1) is 25.2. The van der Waals surface area contributed by atoms with E-state index in [1.165, 1.54) is 12.8 Å². The van der Waals surface area contributed by atoms with Gasteiger partial charge in [0, 0.05) is 25.7 Å². The second-order valence-electron chi connectivity index (χ2n) is 11.8.